The van der Waals surface area contributed by atoms with Crippen molar-refractivity contribution in [2.75, 3.05) is 7.05 Å². The minimum Gasteiger partial charge on any atom is -0.366 e. The predicted molar refractivity (Wildman–Crippen MR) is 69.0 cm³/mol. The maximum atomic E-state index is 5.10. The predicted octanol–water partition coefficient (Wildman–Crippen LogP) is 2.54. The zero-order valence-corrected chi connectivity index (χ0v) is 10.3. The summed E-state index contributed by atoms with van der Waals surface area (Å²) in [6.45, 7) is 4.24. The lowest BCUT2D eigenvalue weighted by Crippen LogP contribution is -2.35. The van der Waals surface area contributed by atoms with Crippen molar-refractivity contribution in [2.24, 2.45) is 0 Å². The van der Waals surface area contributed by atoms with Gasteiger partial charge in [-0.3, -0.25) is 0 Å². The van der Waals surface area contributed by atoms with E-state index < -0.39 is 0 Å². The van der Waals surface area contributed by atoms with Gasteiger partial charge in [0.2, 0.25) is 0 Å². The molecule has 0 radical (unpaired) electrons. The second-order valence-electron chi connectivity index (χ2n) is 3.59. The van der Waals surface area contributed by atoms with Crippen LogP contribution < -0.4 is 10.6 Å². The van der Waals surface area contributed by atoms with E-state index in [1.165, 1.54) is 11.1 Å². The van der Waals surface area contributed by atoms with E-state index in [0.29, 0.717) is 11.2 Å². The monoisotopic (exact) mass is 222 g/mol. The number of benzene rings is 1. The summed E-state index contributed by atoms with van der Waals surface area (Å²) < 4.78 is 0. The average molecular weight is 222 g/mol. The molecule has 0 amide bonds. The Labute approximate surface area is 97.1 Å². The Hall–Kier alpha value is -1.09. The molecule has 0 aromatic heterocycles. The molecule has 0 saturated heterocycles. The van der Waals surface area contributed by atoms with Crippen LogP contribution in [0, 0.1) is 6.92 Å². The minimum absolute atomic E-state index is 0.297. The Morgan fingerprint density at radius 1 is 1.33 bits per heavy atom. The second-order valence-corrected chi connectivity index (χ2v) is 4.00. The zero-order valence-electron chi connectivity index (χ0n) is 9.50. The first-order valence-corrected chi connectivity index (χ1v) is 5.63. The van der Waals surface area contributed by atoms with Crippen molar-refractivity contribution in [2.45, 2.75) is 26.3 Å². The van der Waals surface area contributed by atoms with E-state index in [-0.39, 0.29) is 0 Å². The molecule has 0 bridgehead atoms. The van der Waals surface area contributed by atoms with Gasteiger partial charge in [-0.25, -0.2) is 0 Å². The van der Waals surface area contributed by atoms with Crippen molar-refractivity contribution in [1.82, 2.24) is 10.6 Å². The molecule has 0 aliphatic carbocycles. The third-order valence-corrected chi connectivity index (χ3v) is 2.74. The van der Waals surface area contributed by atoms with Crippen LogP contribution in [0.3, 0.4) is 0 Å². The van der Waals surface area contributed by atoms with Crippen LogP contribution in [0.15, 0.2) is 24.3 Å². The molecule has 82 valence electrons. The summed E-state index contributed by atoms with van der Waals surface area (Å²) in [5.41, 5.74) is 2.56. The molecule has 15 heavy (non-hydrogen) atoms. The number of aryl methyl sites for hydroxylation is 1. The Morgan fingerprint density at radius 2 is 1.93 bits per heavy atom. The van der Waals surface area contributed by atoms with Crippen LogP contribution in [0.2, 0.25) is 0 Å². The van der Waals surface area contributed by atoms with Crippen molar-refractivity contribution in [3.05, 3.63) is 35.4 Å². The highest BCUT2D eigenvalue weighted by Gasteiger charge is 2.08. The maximum absolute atomic E-state index is 5.10. The van der Waals surface area contributed by atoms with E-state index in [4.69, 9.17) is 12.2 Å². The lowest BCUT2D eigenvalue weighted by Gasteiger charge is -2.19. The summed E-state index contributed by atoms with van der Waals surface area (Å²) >= 11 is 5.10. The molecule has 0 unspecified atom stereocenters. The molecule has 1 aromatic carbocycles. The van der Waals surface area contributed by atoms with E-state index in [2.05, 4.69) is 48.7 Å². The number of hydrogen-bond donors (Lipinski definition) is 2. The van der Waals surface area contributed by atoms with Gasteiger partial charge >= 0.3 is 0 Å². The Bertz CT molecular complexity index is 319. The van der Waals surface area contributed by atoms with Crippen LogP contribution >= 0.6 is 12.2 Å². The van der Waals surface area contributed by atoms with Gasteiger partial charge in [-0.1, -0.05) is 36.8 Å². The number of rotatable bonds is 3. The third-order valence-electron chi connectivity index (χ3n) is 2.42. The molecule has 2 nitrogen and oxygen atoms in total. The van der Waals surface area contributed by atoms with E-state index in [9.17, 15) is 0 Å². The van der Waals surface area contributed by atoms with Gasteiger partial charge in [-0.15, -0.1) is 0 Å². The highest BCUT2D eigenvalue weighted by Crippen LogP contribution is 2.16. The van der Waals surface area contributed by atoms with Crippen molar-refractivity contribution in [3.8, 4) is 0 Å². The van der Waals surface area contributed by atoms with Crippen molar-refractivity contribution in [1.29, 1.82) is 0 Å². The van der Waals surface area contributed by atoms with Crippen LogP contribution in [0.4, 0.5) is 0 Å². The van der Waals surface area contributed by atoms with Gasteiger partial charge in [0.25, 0.3) is 0 Å². The van der Waals surface area contributed by atoms with Crippen molar-refractivity contribution < 1.29 is 0 Å². The van der Waals surface area contributed by atoms with Gasteiger partial charge in [0.15, 0.2) is 5.11 Å². The van der Waals surface area contributed by atoms with Gasteiger partial charge in [-0.2, -0.15) is 0 Å². The van der Waals surface area contributed by atoms with Crippen molar-refractivity contribution in [3.63, 3.8) is 0 Å². The first-order valence-electron chi connectivity index (χ1n) is 5.22. The quantitative estimate of drug-likeness (QED) is 0.769. The number of thiocarbonyl (C=S) groups is 1. The molecule has 0 saturated carbocycles. The van der Waals surface area contributed by atoms with Crippen LogP contribution in [-0.4, -0.2) is 12.2 Å². The van der Waals surface area contributed by atoms with E-state index >= 15 is 0 Å². The normalized spacial score (nSPS) is 11.9. The van der Waals surface area contributed by atoms with Gasteiger partial charge in [0.1, 0.15) is 0 Å². The summed E-state index contributed by atoms with van der Waals surface area (Å²) in [6, 6.07) is 8.85. The first kappa shape index (κ1) is 12.0. The van der Waals surface area contributed by atoms with E-state index in [0.717, 1.165) is 6.42 Å². The molecule has 0 spiro atoms. The van der Waals surface area contributed by atoms with Crippen molar-refractivity contribution >= 4 is 17.3 Å². The lowest BCUT2D eigenvalue weighted by molar-refractivity contribution is 0.621. The SMILES string of the molecule is CC[C@@H](NC(=S)NC)c1ccc(C)cc1. The molecule has 1 aromatic rings. The average Bonchev–Trinajstić information content (AvgIpc) is 2.27. The highest BCUT2D eigenvalue weighted by atomic mass is 32.1. The molecule has 0 fully saturated rings. The van der Waals surface area contributed by atoms with Crippen LogP contribution in [0.1, 0.15) is 30.5 Å². The summed E-state index contributed by atoms with van der Waals surface area (Å²) in [5.74, 6) is 0. The van der Waals surface area contributed by atoms with Gasteiger partial charge in [-0.05, 0) is 31.1 Å². The number of hydrogen-bond acceptors (Lipinski definition) is 1. The zero-order chi connectivity index (χ0) is 11.3. The fourth-order valence-corrected chi connectivity index (χ4v) is 1.59. The third kappa shape index (κ3) is 3.51. The van der Waals surface area contributed by atoms with Gasteiger partial charge < -0.3 is 10.6 Å². The fourth-order valence-electron chi connectivity index (χ4n) is 1.45. The summed E-state index contributed by atoms with van der Waals surface area (Å²) in [7, 11) is 1.83. The standard InChI is InChI=1S/C12H18N2S/c1-4-11(14-12(15)13-3)10-7-5-9(2)6-8-10/h5-8,11H,4H2,1-3H3,(H2,13,14,15)/t11-/m1/s1. The van der Waals surface area contributed by atoms with Crippen LogP contribution in [-0.2, 0) is 0 Å². The molecule has 1 atom stereocenters. The fraction of sp³-hybridized carbons (Fsp3) is 0.417. The molecule has 0 aliphatic rings. The Balaban J connectivity index is 2.74. The smallest absolute Gasteiger partial charge is 0.166 e. The van der Waals surface area contributed by atoms with E-state index in [1.807, 2.05) is 7.05 Å². The molecular formula is C12H18N2S. The van der Waals surface area contributed by atoms with Crippen LogP contribution in [0.5, 0.6) is 0 Å². The summed E-state index contributed by atoms with van der Waals surface area (Å²) in [6.07, 6.45) is 1.02. The second kappa shape index (κ2) is 5.71. The maximum Gasteiger partial charge on any atom is 0.166 e. The van der Waals surface area contributed by atoms with Crippen LogP contribution in [0.25, 0.3) is 0 Å². The Kier molecular flexibility index (Phi) is 4.56. The Morgan fingerprint density at radius 3 is 2.40 bits per heavy atom. The number of nitrogens with one attached hydrogen (secondary N) is 2. The molecular weight excluding hydrogens is 204 g/mol. The molecule has 0 heterocycles. The van der Waals surface area contributed by atoms with E-state index in [1.54, 1.807) is 0 Å². The first-order chi connectivity index (χ1) is 7.17. The molecule has 0 aliphatic heterocycles. The summed E-state index contributed by atoms with van der Waals surface area (Å²) in [4.78, 5) is 0. The lowest BCUT2D eigenvalue weighted by atomic mass is 10.0. The van der Waals surface area contributed by atoms with Gasteiger partial charge in [0, 0.05) is 7.05 Å². The molecule has 2 N–H and O–H groups in total. The largest absolute Gasteiger partial charge is 0.366 e. The minimum atomic E-state index is 0.297. The topological polar surface area (TPSA) is 24.1 Å². The molecule has 1 rings (SSSR count). The van der Waals surface area contributed by atoms with Gasteiger partial charge in [0.05, 0.1) is 6.04 Å². The summed E-state index contributed by atoms with van der Waals surface area (Å²) in [5, 5.41) is 6.90. The molecule has 3 heteroatoms. The highest BCUT2D eigenvalue weighted by molar-refractivity contribution is 7.80.